The van der Waals surface area contributed by atoms with Crippen molar-refractivity contribution in [3.8, 4) is 0 Å². The Kier molecular flexibility index (Phi) is 10.1. The summed E-state index contributed by atoms with van der Waals surface area (Å²) in [4.78, 5) is 1.89. The number of rotatable bonds is 2. The zero-order chi connectivity index (χ0) is 12.9. The van der Waals surface area contributed by atoms with Gasteiger partial charge in [-0.05, 0) is 26.4 Å². The van der Waals surface area contributed by atoms with Crippen molar-refractivity contribution in [2.24, 2.45) is 0 Å². The number of likely N-dealkylation sites (tertiary alicyclic amines) is 1. The first-order chi connectivity index (χ1) is 7.93. The number of nitrogens with one attached hydrogen (secondary N) is 1. The molecular formula is C12H27ClF2N2O2. The SMILES string of the molecule is C.CN1CC[C@](F)(CO)C1.Cl.OC[C@@]1(F)CCNC1. The first-order valence-electron chi connectivity index (χ1n) is 5.92. The molecule has 3 N–H and O–H groups in total. The summed E-state index contributed by atoms with van der Waals surface area (Å²) in [5.74, 6) is 0. The number of nitrogens with zero attached hydrogens (tertiary/aromatic N) is 1. The Morgan fingerprint density at radius 3 is 1.95 bits per heavy atom. The van der Waals surface area contributed by atoms with Gasteiger partial charge in [0.25, 0.3) is 0 Å². The summed E-state index contributed by atoms with van der Waals surface area (Å²) in [7, 11) is 1.86. The van der Waals surface area contributed by atoms with Gasteiger partial charge in [-0.25, -0.2) is 8.78 Å². The number of aliphatic hydroxyl groups excluding tert-OH is 2. The van der Waals surface area contributed by atoms with Crippen LogP contribution in [0.5, 0.6) is 0 Å². The number of hydrogen-bond acceptors (Lipinski definition) is 4. The maximum atomic E-state index is 13.0. The van der Waals surface area contributed by atoms with E-state index >= 15 is 0 Å². The lowest BCUT2D eigenvalue weighted by Crippen LogP contribution is -2.30. The maximum Gasteiger partial charge on any atom is 0.147 e. The molecule has 0 saturated carbocycles. The fourth-order valence-corrected chi connectivity index (χ4v) is 2.01. The zero-order valence-electron chi connectivity index (χ0n) is 10.7. The molecule has 0 aliphatic carbocycles. The summed E-state index contributed by atoms with van der Waals surface area (Å²) in [6.45, 7) is 1.46. The Hall–Kier alpha value is -0.0100. The van der Waals surface area contributed by atoms with Gasteiger partial charge in [-0.1, -0.05) is 7.43 Å². The smallest absolute Gasteiger partial charge is 0.147 e. The van der Waals surface area contributed by atoms with Gasteiger partial charge in [0.15, 0.2) is 0 Å². The second kappa shape index (κ2) is 9.02. The quantitative estimate of drug-likeness (QED) is 0.705. The van der Waals surface area contributed by atoms with E-state index in [0.29, 0.717) is 32.5 Å². The summed E-state index contributed by atoms with van der Waals surface area (Å²) in [6, 6.07) is 0. The zero-order valence-corrected chi connectivity index (χ0v) is 11.5. The lowest BCUT2D eigenvalue weighted by molar-refractivity contribution is 0.0805. The predicted octanol–water partition coefficient (Wildman–Crippen LogP) is 0.761. The first kappa shape index (κ1) is 21.3. The largest absolute Gasteiger partial charge is 0.393 e. The molecule has 0 bridgehead atoms. The van der Waals surface area contributed by atoms with Crippen molar-refractivity contribution >= 4 is 12.4 Å². The third kappa shape index (κ3) is 6.81. The summed E-state index contributed by atoms with van der Waals surface area (Å²) in [5, 5.41) is 19.8. The molecule has 0 amide bonds. The third-order valence-electron chi connectivity index (χ3n) is 3.25. The molecule has 0 spiro atoms. The van der Waals surface area contributed by atoms with Gasteiger partial charge in [-0.15, -0.1) is 12.4 Å². The molecule has 0 aromatic heterocycles. The molecular weight excluding hydrogens is 278 g/mol. The number of aliphatic hydroxyl groups is 2. The van der Waals surface area contributed by atoms with Crippen LogP contribution in [0.2, 0.25) is 0 Å². The molecule has 118 valence electrons. The molecule has 4 nitrogen and oxygen atoms in total. The highest BCUT2D eigenvalue weighted by Gasteiger charge is 2.35. The van der Waals surface area contributed by atoms with Crippen molar-refractivity contribution in [2.45, 2.75) is 31.6 Å². The number of halogens is 3. The maximum absolute atomic E-state index is 13.0. The van der Waals surface area contributed by atoms with Crippen LogP contribution in [0.1, 0.15) is 20.3 Å². The van der Waals surface area contributed by atoms with E-state index in [1.54, 1.807) is 0 Å². The average Bonchev–Trinajstić information content (AvgIpc) is 2.88. The van der Waals surface area contributed by atoms with Gasteiger partial charge in [0.05, 0.1) is 13.2 Å². The standard InChI is InChI=1S/C6H12FNO.C5H10FNO.CH4.ClH/c1-8-3-2-6(7,4-8)5-9;6-5(4-8)1-2-7-3-5;;/h9H,2-5H2,1H3;7-8H,1-4H2;1H4;1H/t6-;5-;;/m11../s1. The van der Waals surface area contributed by atoms with Crippen LogP contribution in [-0.2, 0) is 0 Å². The molecule has 2 aliphatic heterocycles. The van der Waals surface area contributed by atoms with Crippen LogP contribution >= 0.6 is 12.4 Å². The highest BCUT2D eigenvalue weighted by atomic mass is 35.5. The fourth-order valence-electron chi connectivity index (χ4n) is 2.01. The van der Waals surface area contributed by atoms with E-state index in [1.807, 2.05) is 11.9 Å². The highest BCUT2D eigenvalue weighted by molar-refractivity contribution is 5.85. The minimum Gasteiger partial charge on any atom is -0.393 e. The summed E-state index contributed by atoms with van der Waals surface area (Å²) < 4.78 is 25.7. The van der Waals surface area contributed by atoms with Crippen molar-refractivity contribution in [3.63, 3.8) is 0 Å². The van der Waals surface area contributed by atoms with E-state index in [-0.39, 0.29) is 33.0 Å². The Morgan fingerprint density at radius 1 is 1.16 bits per heavy atom. The van der Waals surface area contributed by atoms with E-state index in [1.165, 1.54) is 0 Å². The topological polar surface area (TPSA) is 55.7 Å². The van der Waals surface area contributed by atoms with E-state index in [4.69, 9.17) is 10.2 Å². The van der Waals surface area contributed by atoms with Crippen LogP contribution < -0.4 is 5.32 Å². The molecule has 2 aliphatic rings. The lowest BCUT2D eigenvalue weighted by atomic mass is 10.1. The van der Waals surface area contributed by atoms with Crippen LogP contribution in [0, 0.1) is 0 Å². The summed E-state index contributed by atoms with van der Waals surface area (Å²) in [5.41, 5.74) is -2.63. The van der Waals surface area contributed by atoms with E-state index in [2.05, 4.69) is 5.32 Å². The molecule has 0 aromatic rings. The van der Waals surface area contributed by atoms with Crippen molar-refractivity contribution in [1.82, 2.24) is 10.2 Å². The fraction of sp³-hybridized carbons (Fsp3) is 1.00. The lowest BCUT2D eigenvalue weighted by Gasteiger charge is -2.14. The Morgan fingerprint density at radius 2 is 1.74 bits per heavy atom. The highest BCUT2D eigenvalue weighted by Crippen LogP contribution is 2.23. The second-order valence-electron chi connectivity index (χ2n) is 5.03. The molecule has 0 radical (unpaired) electrons. The predicted molar refractivity (Wildman–Crippen MR) is 75.4 cm³/mol. The Labute approximate surface area is 120 Å². The van der Waals surface area contributed by atoms with E-state index in [9.17, 15) is 8.78 Å². The molecule has 2 saturated heterocycles. The number of alkyl halides is 2. The summed E-state index contributed by atoms with van der Waals surface area (Å²) in [6.07, 6.45) is 0.920. The first-order valence-corrected chi connectivity index (χ1v) is 5.92. The molecule has 2 atom stereocenters. The van der Waals surface area contributed by atoms with Crippen molar-refractivity contribution in [3.05, 3.63) is 0 Å². The van der Waals surface area contributed by atoms with Gasteiger partial charge < -0.3 is 20.4 Å². The molecule has 7 heteroatoms. The minimum atomic E-state index is -1.32. The van der Waals surface area contributed by atoms with Crippen LogP contribution in [-0.4, -0.2) is 72.9 Å². The van der Waals surface area contributed by atoms with Gasteiger partial charge in [0, 0.05) is 19.6 Å². The Balaban J connectivity index is 0. The van der Waals surface area contributed by atoms with Crippen LogP contribution in [0.3, 0.4) is 0 Å². The molecule has 2 fully saturated rings. The van der Waals surface area contributed by atoms with E-state index in [0.717, 1.165) is 6.54 Å². The summed E-state index contributed by atoms with van der Waals surface area (Å²) >= 11 is 0. The van der Waals surface area contributed by atoms with E-state index < -0.39 is 11.3 Å². The normalized spacial score (nSPS) is 33.9. The molecule has 2 heterocycles. The molecule has 2 rings (SSSR count). The van der Waals surface area contributed by atoms with Gasteiger partial charge in [0.1, 0.15) is 11.3 Å². The second-order valence-corrected chi connectivity index (χ2v) is 5.03. The molecule has 19 heavy (non-hydrogen) atoms. The van der Waals surface area contributed by atoms with Gasteiger partial charge in [0.2, 0.25) is 0 Å². The average molecular weight is 305 g/mol. The van der Waals surface area contributed by atoms with Gasteiger partial charge in [-0.2, -0.15) is 0 Å². The van der Waals surface area contributed by atoms with Crippen LogP contribution in [0.4, 0.5) is 8.78 Å². The molecule has 0 unspecified atom stereocenters. The van der Waals surface area contributed by atoms with Crippen LogP contribution in [0.15, 0.2) is 0 Å². The number of hydrogen-bond donors (Lipinski definition) is 3. The third-order valence-corrected chi connectivity index (χ3v) is 3.25. The van der Waals surface area contributed by atoms with Crippen molar-refractivity contribution < 1.29 is 19.0 Å². The minimum absolute atomic E-state index is 0. The Bertz CT molecular complexity index is 244. The molecule has 0 aromatic carbocycles. The van der Waals surface area contributed by atoms with Crippen molar-refractivity contribution in [1.29, 1.82) is 0 Å². The monoisotopic (exact) mass is 304 g/mol. The van der Waals surface area contributed by atoms with Gasteiger partial charge in [-0.3, -0.25) is 0 Å². The van der Waals surface area contributed by atoms with Crippen LogP contribution in [0.25, 0.3) is 0 Å². The van der Waals surface area contributed by atoms with Crippen molar-refractivity contribution in [2.75, 3.05) is 46.4 Å². The van der Waals surface area contributed by atoms with Gasteiger partial charge >= 0.3 is 0 Å².